The number of halogens is 3. The first-order valence-electron chi connectivity index (χ1n) is 10.8. The number of nitrogens with one attached hydrogen (secondary N) is 1. The number of hydrogen-bond donors (Lipinski definition) is 1. The highest BCUT2D eigenvalue weighted by Crippen LogP contribution is 2.33. The van der Waals surface area contributed by atoms with Crippen LogP contribution >= 0.6 is 0 Å². The molecule has 0 saturated carbocycles. The van der Waals surface area contributed by atoms with Crippen LogP contribution in [-0.2, 0) is 23.2 Å². The summed E-state index contributed by atoms with van der Waals surface area (Å²) in [6.45, 7) is -2.94. The Kier molecular flexibility index (Phi) is 5.54. The summed E-state index contributed by atoms with van der Waals surface area (Å²) in [5, 5.41) is 2.27. The summed E-state index contributed by atoms with van der Waals surface area (Å²) in [6, 6.07) is 8.10. The largest absolute Gasteiger partial charge is 0.432 e. The lowest BCUT2D eigenvalue weighted by Gasteiger charge is -2.29. The highest BCUT2D eigenvalue weighted by atomic mass is 19.3. The molecule has 0 spiro atoms. The third-order valence-electron chi connectivity index (χ3n) is 6.10. The molecule has 2 aliphatic rings. The van der Waals surface area contributed by atoms with Gasteiger partial charge in [-0.2, -0.15) is 8.78 Å². The second-order valence-electron chi connectivity index (χ2n) is 8.36. The first-order chi connectivity index (χ1) is 16.7. The van der Waals surface area contributed by atoms with Gasteiger partial charge in [0.1, 0.15) is 11.9 Å². The Morgan fingerprint density at radius 2 is 1.89 bits per heavy atom. The Bertz CT molecular complexity index is 1370. The number of carbonyl (C=O) groups is 3. The van der Waals surface area contributed by atoms with Crippen LogP contribution in [-0.4, -0.2) is 44.8 Å². The molecule has 1 atom stereocenters. The Morgan fingerprint density at radius 3 is 2.63 bits per heavy atom. The van der Waals surface area contributed by atoms with E-state index in [1.165, 1.54) is 11.0 Å². The fraction of sp³-hybridized carbons (Fsp3) is 0.250. The molecule has 1 N–H and O–H groups in total. The van der Waals surface area contributed by atoms with Crippen LogP contribution in [0.25, 0.3) is 22.6 Å². The van der Waals surface area contributed by atoms with Crippen molar-refractivity contribution >= 4 is 17.7 Å². The second kappa shape index (κ2) is 8.57. The van der Waals surface area contributed by atoms with Crippen LogP contribution in [0, 0.1) is 5.82 Å². The van der Waals surface area contributed by atoms with Crippen molar-refractivity contribution in [3.05, 3.63) is 59.5 Å². The lowest BCUT2D eigenvalue weighted by molar-refractivity contribution is -0.136. The van der Waals surface area contributed by atoms with Gasteiger partial charge in [0, 0.05) is 42.9 Å². The van der Waals surface area contributed by atoms with E-state index in [4.69, 9.17) is 0 Å². The summed E-state index contributed by atoms with van der Waals surface area (Å²) >= 11 is 0. The standard InChI is InChI=1S/C24H19F3N4O4/c1-30-11-17(28-21(30)13-3-5-16(25)19(9-13)35-24(26)27)12-2-4-15-14(8-12)10-31(23(15)34)18-6-7-20(32)29-22(18)33/h2-5,8-9,11,18,24H,6-7,10H2,1H3,(H,29,32,33). The molecule has 180 valence electrons. The fourth-order valence-electron chi connectivity index (χ4n) is 4.44. The lowest BCUT2D eigenvalue weighted by atomic mass is 10.0. The Morgan fingerprint density at radius 1 is 1.11 bits per heavy atom. The van der Waals surface area contributed by atoms with Crippen molar-refractivity contribution in [2.75, 3.05) is 0 Å². The smallest absolute Gasteiger partial charge is 0.387 e. The quantitative estimate of drug-likeness (QED) is 0.562. The number of fused-ring (bicyclic) bond motifs is 1. The van der Waals surface area contributed by atoms with Crippen LogP contribution in [0.2, 0.25) is 0 Å². The van der Waals surface area contributed by atoms with Gasteiger partial charge in [0.2, 0.25) is 11.8 Å². The number of nitrogens with zero attached hydrogens (tertiary/aromatic N) is 3. The van der Waals surface area contributed by atoms with Crippen LogP contribution < -0.4 is 10.1 Å². The molecule has 1 fully saturated rings. The molecule has 0 bridgehead atoms. The molecule has 2 aliphatic heterocycles. The maximum atomic E-state index is 13.8. The topological polar surface area (TPSA) is 93.5 Å². The zero-order valence-corrected chi connectivity index (χ0v) is 18.4. The zero-order chi connectivity index (χ0) is 24.9. The number of alkyl halides is 2. The normalized spacial score (nSPS) is 17.7. The van der Waals surface area contributed by atoms with Crippen LogP contribution in [0.15, 0.2) is 42.6 Å². The van der Waals surface area contributed by atoms with E-state index in [1.807, 2.05) is 0 Å². The van der Waals surface area contributed by atoms with Crippen LogP contribution in [0.1, 0.15) is 28.8 Å². The number of imide groups is 1. The third-order valence-corrected chi connectivity index (χ3v) is 6.10. The molecule has 0 aliphatic carbocycles. The second-order valence-corrected chi connectivity index (χ2v) is 8.36. The maximum absolute atomic E-state index is 13.8. The van der Waals surface area contributed by atoms with Crippen molar-refractivity contribution < 1.29 is 32.3 Å². The number of hydrogen-bond acceptors (Lipinski definition) is 5. The Balaban J connectivity index is 1.42. The van der Waals surface area contributed by atoms with Gasteiger partial charge in [0.25, 0.3) is 5.91 Å². The molecule has 8 nitrogen and oxygen atoms in total. The minimum absolute atomic E-state index is 0.173. The van der Waals surface area contributed by atoms with Crippen LogP contribution in [0.4, 0.5) is 13.2 Å². The van der Waals surface area contributed by atoms with Gasteiger partial charge >= 0.3 is 6.61 Å². The third kappa shape index (κ3) is 4.13. The van der Waals surface area contributed by atoms with Crippen LogP contribution in [0.5, 0.6) is 5.75 Å². The van der Waals surface area contributed by atoms with E-state index in [2.05, 4.69) is 15.0 Å². The van der Waals surface area contributed by atoms with Crippen molar-refractivity contribution in [1.82, 2.24) is 19.8 Å². The summed E-state index contributed by atoms with van der Waals surface area (Å²) in [5.41, 5.74) is 2.84. The summed E-state index contributed by atoms with van der Waals surface area (Å²) in [5.74, 6) is -2.19. The van der Waals surface area contributed by atoms with E-state index in [9.17, 15) is 27.6 Å². The van der Waals surface area contributed by atoms with Gasteiger partial charge in [0.15, 0.2) is 11.6 Å². The summed E-state index contributed by atoms with van der Waals surface area (Å²) in [4.78, 5) is 42.6. The number of rotatable bonds is 5. The molecule has 3 heterocycles. The number of imidazole rings is 1. The molecular weight excluding hydrogens is 465 g/mol. The summed E-state index contributed by atoms with van der Waals surface area (Å²) < 4.78 is 44.9. The van der Waals surface area contributed by atoms with Gasteiger partial charge < -0.3 is 14.2 Å². The first kappa shape index (κ1) is 22.6. The van der Waals surface area contributed by atoms with Gasteiger partial charge in [-0.3, -0.25) is 19.7 Å². The van der Waals surface area contributed by atoms with Crippen molar-refractivity contribution in [2.24, 2.45) is 7.05 Å². The van der Waals surface area contributed by atoms with Gasteiger partial charge in [-0.15, -0.1) is 0 Å². The molecule has 0 radical (unpaired) electrons. The molecule has 3 amide bonds. The minimum Gasteiger partial charge on any atom is -0.432 e. The average molecular weight is 484 g/mol. The number of carbonyl (C=O) groups excluding carboxylic acids is 3. The number of aryl methyl sites for hydroxylation is 1. The van der Waals surface area contributed by atoms with E-state index in [1.54, 1.807) is 36.0 Å². The van der Waals surface area contributed by atoms with Crippen LogP contribution in [0.3, 0.4) is 0 Å². The molecule has 5 rings (SSSR count). The SMILES string of the molecule is Cn1cc(-c2ccc3c(c2)CN(C2CCC(=O)NC2=O)C3=O)nc1-c1ccc(F)c(OC(F)F)c1. The number of benzene rings is 2. The monoisotopic (exact) mass is 484 g/mol. The van der Waals surface area contributed by atoms with E-state index in [-0.39, 0.29) is 31.2 Å². The number of amides is 3. The first-order valence-corrected chi connectivity index (χ1v) is 10.8. The number of ether oxygens (including phenoxy) is 1. The zero-order valence-electron chi connectivity index (χ0n) is 18.4. The maximum Gasteiger partial charge on any atom is 0.387 e. The van der Waals surface area contributed by atoms with Crippen molar-refractivity contribution in [1.29, 1.82) is 0 Å². The highest BCUT2D eigenvalue weighted by Gasteiger charge is 2.39. The van der Waals surface area contributed by atoms with Crippen molar-refractivity contribution in [3.63, 3.8) is 0 Å². The van der Waals surface area contributed by atoms with Gasteiger partial charge in [-0.05, 0) is 42.3 Å². The van der Waals surface area contributed by atoms with Gasteiger partial charge in [-0.1, -0.05) is 6.07 Å². The highest BCUT2D eigenvalue weighted by molar-refractivity contribution is 6.05. The summed E-state index contributed by atoms with van der Waals surface area (Å²) in [7, 11) is 1.71. The van der Waals surface area contributed by atoms with E-state index >= 15 is 0 Å². The predicted octanol–water partition coefficient (Wildman–Crippen LogP) is 3.26. The molecule has 1 aromatic heterocycles. The molecule has 11 heteroatoms. The number of aromatic nitrogens is 2. The molecule has 2 aromatic carbocycles. The molecule has 3 aromatic rings. The molecule has 35 heavy (non-hydrogen) atoms. The molecule has 1 unspecified atom stereocenters. The minimum atomic E-state index is -3.16. The van der Waals surface area contributed by atoms with Gasteiger partial charge in [-0.25, -0.2) is 9.37 Å². The Hall–Kier alpha value is -4.15. The predicted molar refractivity (Wildman–Crippen MR) is 117 cm³/mol. The van der Waals surface area contributed by atoms with E-state index in [0.717, 1.165) is 17.7 Å². The fourth-order valence-corrected chi connectivity index (χ4v) is 4.44. The van der Waals surface area contributed by atoms with Crippen molar-refractivity contribution in [3.8, 4) is 28.4 Å². The van der Waals surface area contributed by atoms with Crippen molar-refractivity contribution in [2.45, 2.75) is 32.0 Å². The Labute approximate surface area is 197 Å². The molecule has 1 saturated heterocycles. The lowest BCUT2D eigenvalue weighted by Crippen LogP contribution is -2.52. The average Bonchev–Trinajstić information content (AvgIpc) is 3.35. The summed E-state index contributed by atoms with van der Waals surface area (Å²) in [6.07, 6.45) is 2.17. The molecular formula is C24H19F3N4O4. The van der Waals surface area contributed by atoms with E-state index < -0.39 is 30.1 Å². The van der Waals surface area contributed by atoms with Gasteiger partial charge in [0.05, 0.1) is 5.69 Å². The van der Waals surface area contributed by atoms with E-state index in [0.29, 0.717) is 28.2 Å². The number of piperidine rings is 1.